The Morgan fingerprint density at radius 3 is 2.60 bits per heavy atom. The van der Waals surface area contributed by atoms with Crippen LogP contribution in [0.5, 0.6) is 0 Å². The van der Waals surface area contributed by atoms with Crippen molar-refractivity contribution in [2.24, 2.45) is 5.92 Å². The second-order valence-electron chi connectivity index (χ2n) is 7.75. The first kappa shape index (κ1) is 18.3. The van der Waals surface area contributed by atoms with Crippen molar-refractivity contribution in [1.82, 2.24) is 15.5 Å². The summed E-state index contributed by atoms with van der Waals surface area (Å²) in [6, 6.07) is -0.318. The molecule has 1 saturated carbocycles. The zero-order chi connectivity index (χ0) is 17.9. The Morgan fingerprint density at radius 1 is 1.32 bits per heavy atom. The van der Waals surface area contributed by atoms with Crippen molar-refractivity contribution in [2.45, 2.75) is 76.4 Å². The highest BCUT2D eigenvalue weighted by atomic mass is 16.5. The fourth-order valence-electron chi connectivity index (χ4n) is 3.77. The van der Waals surface area contributed by atoms with Gasteiger partial charge in [-0.25, -0.2) is 0 Å². The fraction of sp³-hybridized carbons (Fsp3) is 0.833. The van der Waals surface area contributed by atoms with Crippen LogP contribution in [-0.4, -0.2) is 40.0 Å². The maximum absolute atomic E-state index is 12.6. The molecule has 1 aliphatic heterocycles. The number of rotatable bonds is 6. The fourth-order valence-corrected chi connectivity index (χ4v) is 3.77. The molecule has 1 saturated heterocycles. The minimum absolute atomic E-state index is 0.137. The molecule has 2 aliphatic rings. The first-order valence-corrected chi connectivity index (χ1v) is 9.40. The Morgan fingerprint density at radius 2 is 2.00 bits per heavy atom. The lowest BCUT2D eigenvalue weighted by Crippen LogP contribution is -2.40. The van der Waals surface area contributed by atoms with Crippen LogP contribution < -0.4 is 5.32 Å². The SMILES string of the molecule is CC(C)c1noc([C@@H](NC(=O)CC2(O)CCCC2)C2CCOCC2)n1. The number of carbonyl (C=O) groups is 1. The molecule has 7 nitrogen and oxygen atoms in total. The molecule has 2 N–H and O–H groups in total. The van der Waals surface area contributed by atoms with Crippen molar-refractivity contribution in [3.05, 3.63) is 11.7 Å². The third-order valence-electron chi connectivity index (χ3n) is 5.32. The molecule has 0 unspecified atom stereocenters. The summed E-state index contributed by atoms with van der Waals surface area (Å²) in [6.45, 7) is 5.36. The van der Waals surface area contributed by atoms with Gasteiger partial charge in [-0.3, -0.25) is 4.79 Å². The Labute approximate surface area is 148 Å². The number of amides is 1. The van der Waals surface area contributed by atoms with Gasteiger partial charge in [-0.2, -0.15) is 4.98 Å². The van der Waals surface area contributed by atoms with E-state index in [1.165, 1.54) is 0 Å². The van der Waals surface area contributed by atoms with Gasteiger partial charge in [0.2, 0.25) is 11.8 Å². The summed E-state index contributed by atoms with van der Waals surface area (Å²) < 4.78 is 10.9. The van der Waals surface area contributed by atoms with E-state index in [1.807, 2.05) is 13.8 Å². The molecule has 2 fully saturated rings. The highest BCUT2D eigenvalue weighted by Crippen LogP contribution is 2.34. The summed E-state index contributed by atoms with van der Waals surface area (Å²) in [5, 5.41) is 17.6. The second-order valence-corrected chi connectivity index (χ2v) is 7.75. The molecule has 0 bridgehead atoms. The summed E-state index contributed by atoms with van der Waals surface area (Å²) in [7, 11) is 0. The summed E-state index contributed by atoms with van der Waals surface area (Å²) in [5.74, 6) is 1.34. The van der Waals surface area contributed by atoms with Crippen molar-refractivity contribution in [1.29, 1.82) is 0 Å². The van der Waals surface area contributed by atoms with Gasteiger partial charge in [0.1, 0.15) is 6.04 Å². The highest BCUT2D eigenvalue weighted by molar-refractivity contribution is 5.77. The summed E-state index contributed by atoms with van der Waals surface area (Å²) in [5.41, 5.74) is -0.859. The van der Waals surface area contributed by atoms with Crippen LogP contribution >= 0.6 is 0 Å². The zero-order valence-corrected chi connectivity index (χ0v) is 15.2. The summed E-state index contributed by atoms with van der Waals surface area (Å²) >= 11 is 0. The molecule has 2 heterocycles. The minimum atomic E-state index is -0.859. The van der Waals surface area contributed by atoms with E-state index in [2.05, 4.69) is 15.5 Å². The van der Waals surface area contributed by atoms with Crippen molar-refractivity contribution >= 4 is 5.91 Å². The molecule has 0 spiro atoms. The van der Waals surface area contributed by atoms with Crippen molar-refractivity contribution in [3.8, 4) is 0 Å². The maximum atomic E-state index is 12.6. The molecular formula is C18H29N3O4. The van der Waals surface area contributed by atoms with E-state index in [9.17, 15) is 9.90 Å². The van der Waals surface area contributed by atoms with Crippen LogP contribution in [0.25, 0.3) is 0 Å². The van der Waals surface area contributed by atoms with Gasteiger partial charge in [0.15, 0.2) is 5.82 Å². The molecule has 1 aromatic heterocycles. The lowest BCUT2D eigenvalue weighted by Gasteiger charge is -2.30. The third kappa shape index (κ3) is 4.58. The molecule has 0 radical (unpaired) electrons. The predicted molar refractivity (Wildman–Crippen MR) is 90.8 cm³/mol. The van der Waals surface area contributed by atoms with E-state index in [0.717, 1.165) is 25.7 Å². The molecular weight excluding hydrogens is 322 g/mol. The first-order valence-electron chi connectivity index (χ1n) is 9.40. The molecule has 25 heavy (non-hydrogen) atoms. The second kappa shape index (κ2) is 7.83. The molecule has 7 heteroatoms. The van der Waals surface area contributed by atoms with Crippen LogP contribution in [0.3, 0.4) is 0 Å². The number of hydrogen-bond donors (Lipinski definition) is 2. The van der Waals surface area contributed by atoms with E-state index in [0.29, 0.717) is 37.8 Å². The molecule has 1 aromatic rings. The van der Waals surface area contributed by atoms with E-state index < -0.39 is 5.60 Å². The van der Waals surface area contributed by atoms with Crippen molar-refractivity contribution < 1.29 is 19.2 Å². The van der Waals surface area contributed by atoms with Crippen LogP contribution in [0.15, 0.2) is 4.52 Å². The summed E-state index contributed by atoms with van der Waals surface area (Å²) in [4.78, 5) is 17.1. The van der Waals surface area contributed by atoms with Crippen LogP contribution in [-0.2, 0) is 9.53 Å². The third-order valence-corrected chi connectivity index (χ3v) is 5.32. The monoisotopic (exact) mass is 351 g/mol. The molecule has 0 aromatic carbocycles. The van der Waals surface area contributed by atoms with E-state index >= 15 is 0 Å². The molecule has 1 aliphatic carbocycles. The number of ether oxygens (including phenoxy) is 1. The molecule has 1 amide bonds. The Kier molecular flexibility index (Phi) is 5.74. The predicted octanol–water partition coefficient (Wildman–Crippen LogP) is 2.47. The summed E-state index contributed by atoms with van der Waals surface area (Å²) in [6.07, 6.45) is 5.17. The average Bonchev–Trinajstić information content (AvgIpc) is 3.23. The molecule has 140 valence electrons. The van der Waals surface area contributed by atoms with Gasteiger partial charge in [-0.05, 0) is 31.6 Å². The van der Waals surface area contributed by atoms with Crippen molar-refractivity contribution in [3.63, 3.8) is 0 Å². The largest absolute Gasteiger partial charge is 0.389 e. The Hall–Kier alpha value is -1.47. The number of hydrogen-bond acceptors (Lipinski definition) is 6. The minimum Gasteiger partial charge on any atom is -0.389 e. The number of nitrogens with zero attached hydrogens (tertiary/aromatic N) is 2. The lowest BCUT2D eigenvalue weighted by molar-refractivity contribution is -0.127. The lowest BCUT2D eigenvalue weighted by atomic mass is 9.90. The van der Waals surface area contributed by atoms with Gasteiger partial charge in [-0.1, -0.05) is 31.8 Å². The smallest absolute Gasteiger partial charge is 0.249 e. The van der Waals surface area contributed by atoms with E-state index in [4.69, 9.17) is 9.26 Å². The number of nitrogens with one attached hydrogen (secondary N) is 1. The van der Waals surface area contributed by atoms with Gasteiger partial charge < -0.3 is 19.7 Å². The molecule has 1 atom stereocenters. The zero-order valence-electron chi connectivity index (χ0n) is 15.2. The van der Waals surface area contributed by atoms with Gasteiger partial charge >= 0.3 is 0 Å². The molecule has 3 rings (SSSR count). The normalized spacial score (nSPS) is 22.2. The standard InChI is InChI=1S/C18H29N3O4/c1-12(2)16-20-17(25-21-16)15(13-5-9-24-10-6-13)19-14(22)11-18(23)7-3-4-8-18/h12-13,15,23H,3-11H2,1-2H3,(H,19,22)/t15-/m0/s1. The Bertz CT molecular complexity index is 575. The topological polar surface area (TPSA) is 97.5 Å². The Balaban J connectivity index is 1.72. The van der Waals surface area contributed by atoms with Crippen LogP contribution in [0, 0.1) is 5.92 Å². The van der Waals surface area contributed by atoms with Gasteiger partial charge in [0.05, 0.1) is 12.0 Å². The first-order chi connectivity index (χ1) is 12.0. The van der Waals surface area contributed by atoms with E-state index in [-0.39, 0.29) is 30.2 Å². The number of carbonyl (C=O) groups excluding carboxylic acids is 1. The maximum Gasteiger partial charge on any atom is 0.249 e. The highest BCUT2D eigenvalue weighted by Gasteiger charge is 2.36. The van der Waals surface area contributed by atoms with E-state index in [1.54, 1.807) is 0 Å². The van der Waals surface area contributed by atoms with Crippen molar-refractivity contribution in [2.75, 3.05) is 13.2 Å². The average molecular weight is 351 g/mol. The van der Waals surface area contributed by atoms with Gasteiger partial charge in [-0.15, -0.1) is 0 Å². The van der Waals surface area contributed by atoms with Gasteiger partial charge in [0, 0.05) is 19.1 Å². The number of aliphatic hydroxyl groups is 1. The number of aromatic nitrogens is 2. The van der Waals surface area contributed by atoms with Gasteiger partial charge in [0.25, 0.3) is 0 Å². The van der Waals surface area contributed by atoms with Crippen LogP contribution in [0.2, 0.25) is 0 Å². The van der Waals surface area contributed by atoms with Crippen LogP contribution in [0.4, 0.5) is 0 Å². The quantitative estimate of drug-likeness (QED) is 0.817. The van der Waals surface area contributed by atoms with Crippen LogP contribution in [0.1, 0.15) is 82.5 Å².